The van der Waals surface area contributed by atoms with Gasteiger partial charge in [-0.2, -0.15) is 0 Å². The van der Waals surface area contributed by atoms with Crippen molar-refractivity contribution in [2.45, 2.75) is 38.2 Å². The standard InChI is InChI=1S/C12H14N2O4/c1-3-4-9-8(15)5-10(18-9)14-6-7(2)11(16)13-12(14)17/h1,6,8-10,15H,4-5H2,2H3,(H,13,16,17)/t8-,9+,10+/m0/s1. The van der Waals surface area contributed by atoms with Crippen molar-refractivity contribution < 1.29 is 9.84 Å². The van der Waals surface area contributed by atoms with E-state index in [-0.39, 0.29) is 12.8 Å². The molecule has 6 heteroatoms. The van der Waals surface area contributed by atoms with Gasteiger partial charge in [0.15, 0.2) is 0 Å². The summed E-state index contributed by atoms with van der Waals surface area (Å²) in [5.41, 5.74) is -0.563. The molecule has 0 unspecified atom stereocenters. The molecule has 1 aromatic rings. The van der Waals surface area contributed by atoms with Gasteiger partial charge >= 0.3 is 5.69 Å². The minimum Gasteiger partial charge on any atom is -0.390 e. The molecule has 1 saturated heterocycles. The zero-order chi connectivity index (χ0) is 13.3. The fraction of sp³-hybridized carbons (Fsp3) is 0.500. The molecule has 1 aromatic heterocycles. The van der Waals surface area contributed by atoms with Crippen LogP contribution < -0.4 is 11.2 Å². The SMILES string of the molecule is C#CC[C@H]1O[C@@H](n2cc(C)c(=O)[nH]c2=O)C[C@@H]1O. The van der Waals surface area contributed by atoms with E-state index in [1.54, 1.807) is 6.92 Å². The topological polar surface area (TPSA) is 84.3 Å². The van der Waals surface area contributed by atoms with E-state index in [9.17, 15) is 14.7 Å². The van der Waals surface area contributed by atoms with Gasteiger partial charge in [0.25, 0.3) is 5.56 Å². The maximum absolute atomic E-state index is 11.7. The lowest BCUT2D eigenvalue weighted by molar-refractivity contribution is -0.0173. The highest BCUT2D eigenvalue weighted by atomic mass is 16.5. The predicted molar refractivity (Wildman–Crippen MR) is 64.0 cm³/mol. The molecule has 0 aromatic carbocycles. The minimum absolute atomic E-state index is 0.276. The molecule has 2 rings (SSSR count). The summed E-state index contributed by atoms with van der Waals surface area (Å²) in [6.07, 6.45) is 5.39. The number of terminal acetylenes is 1. The van der Waals surface area contributed by atoms with Crippen LogP contribution in [0, 0.1) is 19.3 Å². The van der Waals surface area contributed by atoms with E-state index >= 15 is 0 Å². The third-order valence-corrected chi connectivity index (χ3v) is 2.98. The Kier molecular flexibility index (Phi) is 3.36. The summed E-state index contributed by atoms with van der Waals surface area (Å²) in [6, 6.07) is 0. The van der Waals surface area contributed by atoms with Crippen molar-refractivity contribution in [2.75, 3.05) is 0 Å². The predicted octanol–water partition coefficient (Wildman–Crippen LogP) is -0.483. The normalized spacial score (nSPS) is 27.1. The Morgan fingerprint density at radius 1 is 1.67 bits per heavy atom. The summed E-state index contributed by atoms with van der Waals surface area (Å²) in [7, 11) is 0. The number of ether oxygens (including phenoxy) is 1. The Bertz CT molecular complexity index is 595. The smallest absolute Gasteiger partial charge is 0.330 e. The molecule has 0 radical (unpaired) electrons. The first-order valence-electron chi connectivity index (χ1n) is 5.62. The van der Waals surface area contributed by atoms with Crippen LogP contribution in [0.2, 0.25) is 0 Å². The summed E-state index contributed by atoms with van der Waals surface area (Å²) >= 11 is 0. The number of aryl methyl sites for hydroxylation is 1. The third kappa shape index (κ3) is 2.23. The number of hydrogen-bond donors (Lipinski definition) is 2. The highest BCUT2D eigenvalue weighted by Gasteiger charge is 2.34. The van der Waals surface area contributed by atoms with Gasteiger partial charge in [0, 0.05) is 24.6 Å². The van der Waals surface area contributed by atoms with Crippen molar-refractivity contribution in [3.63, 3.8) is 0 Å². The van der Waals surface area contributed by atoms with Gasteiger partial charge in [-0.3, -0.25) is 14.3 Å². The number of H-pyrrole nitrogens is 1. The van der Waals surface area contributed by atoms with Crippen LogP contribution in [0.5, 0.6) is 0 Å². The molecule has 0 aliphatic carbocycles. The van der Waals surface area contributed by atoms with Crippen LogP contribution in [0.4, 0.5) is 0 Å². The lowest BCUT2D eigenvalue weighted by atomic mass is 10.1. The number of nitrogens with zero attached hydrogens (tertiary/aromatic N) is 1. The first-order valence-corrected chi connectivity index (χ1v) is 5.62. The second kappa shape index (κ2) is 4.80. The Labute approximate surface area is 103 Å². The number of nitrogens with one attached hydrogen (secondary N) is 1. The fourth-order valence-corrected chi connectivity index (χ4v) is 1.99. The molecule has 2 heterocycles. The number of hydrogen-bond acceptors (Lipinski definition) is 4. The Balaban J connectivity index is 2.30. The fourth-order valence-electron chi connectivity index (χ4n) is 1.99. The Morgan fingerprint density at radius 2 is 2.39 bits per heavy atom. The van der Waals surface area contributed by atoms with E-state index in [0.717, 1.165) is 0 Å². The van der Waals surface area contributed by atoms with Gasteiger partial charge in [-0.15, -0.1) is 12.3 Å². The Hall–Kier alpha value is -1.84. The molecule has 3 atom stereocenters. The summed E-state index contributed by atoms with van der Waals surface area (Å²) in [6.45, 7) is 1.60. The lowest BCUT2D eigenvalue weighted by Crippen LogP contribution is -2.33. The molecule has 1 aliphatic rings. The zero-order valence-electron chi connectivity index (χ0n) is 9.92. The number of aliphatic hydroxyl groups excluding tert-OH is 1. The molecule has 0 saturated carbocycles. The lowest BCUT2D eigenvalue weighted by Gasteiger charge is -2.14. The molecule has 0 spiro atoms. The average molecular weight is 250 g/mol. The second-order valence-corrected chi connectivity index (χ2v) is 4.32. The van der Waals surface area contributed by atoms with Gasteiger partial charge in [0.05, 0.1) is 12.2 Å². The van der Waals surface area contributed by atoms with Crippen LogP contribution in [-0.2, 0) is 4.74 Å². The molecule has 2 N–H and O–H groups in total. The van der Waals surface area contributed by atoms with Gasteiger partial charge < -0.3 is 9.84 Å². The largest absolute Gasteiger partial charge is 0.390 e. The molecular weight excluding hydrogens is 236 g/mol. The molecule has 0 bridgehead atoms. The van der Waals surface area contributed by atoms with Crippen molar-refractivity contribution in [1.82, 2.24) is 9.55 Å². The highest BCUT2D eigenvalue weighted by molar-refractivity contribution is 5.02. The van der Waals surface area contributed by atoms with Crippen molar-refractivity contribution >= 4 is 0 Å². The average Bonchev–Trinajstić information content (AvgIpc) is 2.66. The number of aromatic nitrogens is 2. The molecule has 18 heavy (non-hydrogen) atoms. The minimum atomic E-state index is -0.704. The first kappa shape index (κ1) is 12.6. The monoisotopic (exact) mass is 250 g/mol. The maximum atomic E-state index is 11.7. The molecular formula is C12H14N2O4. The van der Waals surface area contributed by atoms with E-state index in [2.05, 4.69) is 10.9 Å². The van der Waals surface area contributed by atoms with Crippen LogP contribution in [0.15, 0.2) is 15.8 Å². The summed E-state index contributed by atoms with van der Waals surface area (Å²) < 4.78 is 6.80. The number of aromatic amines is 1. The molecule has 96 valence electrons. The van der Waals surface area contributed by atoms with Crippen molar-refractivity contribution in [1.29, 1.82) is 0 Å². The van der Waals surface area contributed by atoms with Gasteiger partial charge in [-0.25, -0.2) is 4.79 Å². The van der Waals surface area contributed by atoms with Gasteiger partial charge in [-0.1, -0.05) is 0 Å². The van der Waals surface area contributed by atoms with E-state index in [1.165, 1.54) is 10.8 Å². The van der Waals surface area contributed by atoms with Crippen LogP contribution >= 0.6 is 0 Å². The van der Waals surface area contributed by atoms with E-state index in [1.807, 2.05) is 0 Å². The number of aliphatic hydroxyl groups is 1. The van der Waals surface area contributed by atoms with Crippen LogP contribution in [0.1, 0.15) is 24.6 Å². The maximum Gasteiger partial charge on any atom is 0.330 e. The summed E-state index contributed by atoms with van der Waals surface area (Å²) in [5.74, 6) is 2.42. The summed E-state index contributed by atoms with van der Waals surface area (Å²) in [4.78, 5) is 25.1. The molecule has 0 amide bonds. The molecule has 6 nitrogen and oxygen atoms in total. The van der Waals surface area contributed by atoms with Gasteiger partial charge in [0.2, 0.25) is 0 Å². The zero-order valence-corrected chi connectivity index (χ0v) is 9.92. The van der Waals surface area contributed by atoms with Gasteiger partial charge in [0.1, 0.15) is 6.23 Å². The van der Waals surface area contributed by atoms with Crippen LogP contribution in [0.3, 0.4) is 0 Å². The van der Waals surface area contributed by atoms with E-state index in [0.29, 0.717) is 5.56 Å². The quantitative estimate of drug-likeness (QED) is 0.694. The third-order valence-electron chi connectivity index (χ3n) is 2.98. The van der Waals surface area contributed by atoms with Crippen molar-refractivity contribution in [3.05, 3.63) is 32.6 Å². The van der Waals surface area contributed by atoms with Crippen molar-refractivity contribution in [3.8, 4) is 12.3 Å². The van der Waals surface area contributed by atoms with E-state index < -0.39 is 29.7 Å². The second-order valence-electron chi connectivity index (χ2n) is 4.32. The van der Waals surface area contributed by atoms with Crippen LogP contribution in [0.25, 0.3) is 0 Å². The van der Waals surface area contributed by atoms with Crippen molar-refractivity contribution in [2.24, 2.45) is 0 Å². The summed E-state index contributed by atoms with van der Waals surface area (Å²) in [5, 5.41) is 9.76. The van der Waals surface area contributed by atoms with Gasteiger partial charge in [-0.05, 0) is 6.92 Å². The van der Waals surface area contributed by atoms with E-state index in [4.69, 9.17) is 11.2 Å². The molecule has 1 fully saturated rings. The molecule has 1 aliphatic heterocycles. The highest BCUT2D eigenvalue weighted by Crippen LogP contribution is 2.28. The first-order chi connectivity index (χ1) is 8.52. The van der Waals surface area contributed by atoms with Crippen LogP contribution in [-0.4, -0.2) is 26.9 Å². The Morgan fingerprint density at radius 3 is 3.06 bits per heavy atom. The number of rotatable bonds is 2.